The van der Waals surface area contributed by atoms with Crippen LogP contribution in [0.15, 0.2) is 22.7 Å². The SMILES string of the molecule is CCCC(OCC)C(=O)Cc1ccc(Br)cc1Cl. The molecule has 0 bridgehead atoms. The molecule has 0 saturated carbocycles. The molecule has 0 amide bonds. The molecule has 0 saturated heterocycles. The molecule has 1 aromatic carbocycles. The Labute approximate surface area is 122 Å². The van der Waals surface area contributed by atoms with E-state index in [1.54, 1.807) is 6.07 Å². The molecule has 100 valence electrons. The summed E-state index contributed by atoms with van der Waals surface area (Å²) >= 11 is 9.46. The van der Waals surface area contributed by atoms with Gasteiger partial charge in [0.25, 0.3) is 0 Å². The van der Waals surface area contributed by atoms with Gasteiger partial charge in [0.05, 0.1) is 0 Å². The molecular weight excluding hydrogens is 316 g/mol. The van der Waals surface area contributed by atoms with Crippen molar-refractivity contribution in [3.8, 4) is 0 Å². The average molecular weight is 334 g/mol. The van der Waals surface area contributed by atoms with E-state index in [4.69, 9.17) is 16.3 Å². The van der Waals surface area contributed by atoms with Crippen LogP contribution in [0.5, 0.6) is 0 Å². The van der Waals surface area contributed by atoms with Crippen LogP contribution in [-0.2, 0) is 16.0 Å². The van der Waals surface area contributed by atoms with Gasteiger partial charge in [-0.2, -0.15) is 0 Å². The van der Waals surface area contributed by atoms with E-state index in [-0.39, 0.29) is 11.9 Å². The molecule has 18 heavy (non-hydrogen) atoms. The highest BCUT2D eigenvalue weighted by Gasteiger charge is 2.18. The Morgan fingerprint density at radius 3 is 2.72 bits per heavy atom. The molecule has 0 spiro atoms. The standard InChI is InChI=1S/C14H18BrClO2/c1-3-5-14(18-4-2)13(17)8-10-6-7-11(15)9-12(10)16/h6-7,9,14H,3-5,8H2,1-2H3. The van der Waals surface area contributed by atoms with Crippen LogP contribution in [0, 0.1) is 0 Å². The van der Waals surface area contributed by atoms with Crippen molar-refractivity contribution < 1.29 is 9.53 Å². The van der Waals surface area contributed by atoms with Gasteiger partial charge in [0.15, 0.2) is 5.78 Å². The second-order valence-electron chi connectivity index (χ2n) is 4.11. The molecule has 1 aromatic rings. The van der Waals surface area contributed by atoms with Crippen molar-refractivity contribution in [2.75, 3.05) is 6.61 Å². The lowest BCUT2D eigenvalue weighted by molar-refractivity contribution is -0.130. The molecule has 0 radical (unpaired) electrons. The largest absolute Gasteiger partial charge is 0.371 e. The van der Waals surface area contributed by atoms with Gasteiger partial charge in [0, 0.05) is 22.5 Å². The molecule has 4 heteroatoms. The van der Waals surface area contributed by atoms with Crippen molar-refractivity contribution in [2.24, 2.45) is 0 Å². The molecule has 0 aliphatic carbocycles. The summed E-state index contributed by atoms with van der Waals surface area (Å²) in [7, 11) is 0. The number of benzene rings is 1. The van der Waals surface area contributed by atoms with Crippen molar-refractivity contribution in [1.29, 1.82) is 0 Å². The van der Waals surface area contributed by atoms with Crippen LogP contribution in [0.2, 0.25) is 5.02 Å². The van der Waals surface area contributed by atoms with Crippen LogP contribution in [0.1, 0.15) is 32.3 Å². The van der Waals surface area contributed by atoms with E-state index in [0.29, 0.717) is 18.1 Å². The van der Waals surface area contributed by atoms with Crippen LogP contribution >= 0.6 is 27.5 Å². The summed E-state index contributed by atoms with van der Waals surface area (Å²) in [6, 6.07) is 5.57. The highest BCUT2D eigenvalue weighted by atomic mass is 79.9. The number of hydrogen-bond donors (Lipinski definition) is 0. The predicted octanol–water partition coefficient (Wildman–Crippen LogP) is 4.42. The number of hydrogen-bond acceptors (Lipinski definition) is 2. The Morgan fingerprint density at radius 2 is 2.17 bits per heavy atom. The summed E-state index contributed by atoms with van der Waals surface area (Å²) in [5.74, 6) is 0.0999. The fourth-order valence-corrected chi connectivity index (χ4v) is 2.51. The maximum Gasteiger partial charge on any atom is 0.165 e. The molecule has 1 atom stereocenters. The first-order valence-electron chi connectivity index (χ1n) is 6.16. The third-order valence-corrected chi connectivity index (χ3v) is 3.50. The number of ether oxygens (including phenoxy) is 1. The molecular formula is C14H18BrClO2. The fourth-order valence-electron chi connectivity index (χ4n) is 1.77. The Hall–Kier alpha value is -0.380. The molecule has 0 N–H and O–H groups in total. The van der Waals surface area contributed by atoms with E-state index in [1.807, 2.05) is 26.0 Å². The molecule has 0 aliphatic heterocycles. The third kappa shape index (κ3) is 4.71. The average Bonchev–Trinajstić information content (AvgIpc) is 2.32. The maximum absolute atomic E-state index is 12.1. The van der Waals surface area contributed by atoms with Crippen LogP contribution in [-0.4, -0.2) is 18.5 Å². The zero-order valence-corrected chi connectivity index (χ0v) is 13.1. The Bertz CT molecular complexity index is 401. The highest BCUT2D eigenvalue weighted by molar-refractivity contribution is 9.10. The number of carbonyl (C=O) groups excluding carboxylic acids is 1. The van der Waals surface area contributed by atoms with Crippen molar-refractivity contribution in [3.05, 3.63) is 33.3 Å². The van der Waals surface area contributed by atoms with E-state index in [9.17, 15) is 4.79 Å². The minimum Gasteiger partial charge on any atom is -0.371 e. The molecule has 0 fully saturated rings. The first-order valence-corrected chi connectivity index (χ1v) is 7.33. The number of halogens is 2. The van der Waals surface area contributed by atoms with Gasteiger partial charge < -0.3 is 4.74 Å². The molecule has 0 aromatic heterocycles. The van der Waals surface area contributed by atoms with Crippen molar-refractivity contribution >= 4 is 33.3 Å². The molecule has 0 aliphatic rings. The van der Waals surface area contributed by atoms with E-state index in [1.165, 1.54) is 0 Å². The Balaban J connectivity index is 2.72. The predicted molar refractivity (Wildman–Crippen MR) is 78.2 cm³/mol. The monoisotopic (exact) mass is 332 g/mol. The highest BCUT2D eigenvalue weighted by Crippen LogP contribution is 2.22. The summed E-state index contributed by atoms with van der Waals surface area (Å²) in [5, 5.41) is 0.615. The van der Waals surface area contributed by atoms with Gasteiger partial charge in [-0.15, -0.1) is 0 Å². The first kappa shape index (κ1) is 15.7. The third-order valence-electron chi connectivity index (χ3n) is 2.66. The van der Waals surface area contributed by atoms with E-state index in [0.717, 1.165) is 22.9 Å². The number of carbonyl (C=O) groups is 1. The lowest BCUT2D eigenvalue weighted by atomic mass is 10.0. The van der Waals surface area contributed by atoms with Crippen LogP contribution in [0.3, 0.4) is 0 Å². The van der Waals surface area contributed by atoms with E-state index in [2.05, 4.69) is 15.9 Å². The number of rotatable bonds is 7. The normalized spacial score (nSPS) is 12.4. The summed E-state index contributed by atoms with van der Waals surface area (Å²) in [6.07, 6.45) is 1.72. The fraction of sp³-hybridized carbons (Fsp3) is 0.500. The van der Waals surface area contributed by atoms with Gasteiger partial charge in [-0.3, -0.25) is 4.79 Å². The van der Waals surface area contributed by atoms with Gasteiger partial charge in [-0.1, -0.05) is 46.9 Å². The van der Waals surface area contributed by atoms with Crippen molar-refractivity contribution in [3.63, 3.8) is 0 Å². The van der Waals surface area contributed by atoms with Gasteiger partial charge >= 0.3 is 0 Å². The smallest absolute Gasteiger partial charge is 0.165 e. The van der Waals surface area contributed by atoms with Crippen molar-refractivity contribution in [2.45, 2.75) is 39.2 Å². The van der Waals surface area contributed by atoms with E-state index < -0.39 is 0 Å². The summed E-state index contributed by atoms with van der Waals surface area (Å²) in [5.41, 5.74) is 0.852. The Kier molecular flexibility index (Phi) is 6.90. The lowest BCUT2D eigenvalue weighted by Gasteiger charge is -2.15. The number of Topliss-reactive ketones (excluding diaryl/α,β-unsaturated/α-hetero) is 1. The maximum atomic E-state index is 12.1. The van der Waals surface area contributed by atoms with Crippen molar-refractivity contribution in [1.82, 2.24) is 0 Å². The van der Waals surface area contributed by atoms with Gasteiger partial charge in [0.1, 0.15) is 6.10 Å². The molecule has 0 heterocycles. The second-order valence-corrected chi connectivity index (χ2v) is 5.43. The van der Waals surface area contributed by atoms with Crippen LogP contribution < -0.4 is 0 Å². The minimum absolute atomic E-state index is 0.0999. The lowest BCUT2D eigenvalue weighted by Crippen LogP contribution is -2.26. The van der Waals surface area contributed by atoms with Gasteiger partial charge in [-0.05, 0) is 31.0 Å². The van der Waals surface area contributed by atoms with Crippen LogP contribution in [0.4, 0.5) is 0 Å². The zero-order valence-electron chi connectivity index (χ0n) is 10.7. The topological polar surface area (TPSA) is 26.3 Å². The molecule has 1 unspecified atom stereocenters. The summed E-state index contributed by atoms with van der Waals surface area (Å²) < 4.78 is 6.39. The summed E-state index contributed by atoms with van der Waals surface area (Å²) in [4.78, 5) is 12.1. The number of ketones is 1. The minimum atomic E-state index is -0.306. The van der Waals surface area contributed by atoms with Crippen LogP contribution in [0.25, 0.3) is 0 Å². The first-order chi connectivity index (χ1) is 8.58. The van der Waals surface area contributed by atoms with E-state index >= 15 is 0 Å². The molecule has 1 rings (SSSR count). The second kappa shape index (κ2) is 7.93. The van der Waals surface area contributed by atoms with Gasteiger partial charge in [0.2, 0.25) is 0 Å². The Morgan fingerprint density at radius 1 is 1.44 bits per heavy atom. The quantitative estimate of drug-likeness (QED) is 0.738. The zero-order chi connectivity index (χ0) is 13.5. The molecule has 2 nitrogen and oxygen atoms in total. The van der Waals surface area contributed by atoms with Gasteiger partial charge in [-0.25, -0.2) is 0 Å². The summed E-state index contributed by atoms with van der Waals surface area (Å²) in [6.45, 7) is 4.51.